The van der Waals surface area contributed by atoms with Gasteiger partial charge in [-0.05, 0) is 43.9 Å². The monoisotopic (exact) mass is 300 g/mol. The van der Waals surface area contributed by atoms with Crippen LogP contribution in [0.25, 0.3) is 0 Å². The molecule has 1 fully saturated rings. The first-order valence-electron chi connectivity index (χ1n) is 7.56. The average molecular weight is 300 g/mol. The van der Waals surface area contributed by atoms with Crippen molar-refractivity contribution in [2.45, 2.75) is 38.3 Å². The summed E-state index contributed by atoms with van der Waals surface area (Å²) in [6.07, 6.45) is 5.14. The zero-order valence-electron chi connectivity index (χ0n) is 12.5. The molecule has 0 unspecified atom stereocenters. The third-order valence-corrected chi connectivity index (χ3v) is 4.29. The molecule has 0 radical (unpaired) electrons. The summed E-state index contributed by atoms with van der Waals surface area (Å²) in [5.41, 5.74) is 1.50. The van der Waals surface area contributed by atoms with Gasteiger partial charge in [-0.15, -0.1) is 0 Å². The van der Waals surface area contributed by atoms with Crippen LogP contribution < -0.4 is 5.32 Å². The fourth-order valence-corrected chi connectivity index (χ4v) is 2.90. The SMILES string of the molecule is Cc1occc1C(=O)N[C@H](Cc1ccccn1)C1CC(O)C1. The predicted molar refractivity (Wildman–Crippen MR) is 81.4 cm³/mol. The Hall–Kier alpha value is -2.14. The highest BCUT2D eigenvalue weighted by molar-refractivity contribution is 5.95. The Kier molecular flexibility index (Phi) is 4.24. The fourth-order valence-electron chi connectivity index (χ4n) is 2.90. The minimum Gasteiger partial charge on any atom is -0.469 e. The van der Waals surface area contributed by atoms with E-state index in [1.165, 1.54) is 6.26 Å². The average Bonchev–Trinajstić information content (AvgIpc) is 2.91. The zero-order valence-corrected chi connectivity index (χ0v) is 12.5. The molecule has 1 aliphatic rings. The molecule has 0 bridgehead atoms. The van der Waals surface area contributed by atoms with Crippen molar-refractivity contribution in [1.29, 1.82) is 0 Å². The molecule has 0 saturated heterocycles. The van der Waals surface area contributed by atoms with Gasteiger partial charge in [-0.25, -0.2) is 0 Å². The molecule has 2 N–H and O–H groups in total. The number of nitrogens with one attached hydrogen (secondary N) is 1. The number of amides is 1. The molecule has 1 saturated carbocycles. The zero-order chi connectivity index (χ0) is 15.5. The van der Waals surface area contributed by atoms with Crippen LogP contribution in [0.5, 0.6) is 0 Å². The number of carbonyl (C=O) groups is 1. The molecule has 1 atom stereocenters. The maximum Gasteiger partial charge on any atom is 0.255 e. The summed E-state index contributed by atoms with van der Waals surface area (Å²) < 4.78 is 5.19. The van der Waals surface area contributed by atoms with E-state index in [2.05, 4.69) is 10.3 Å². The molecule has 2 aromatic rings. The van der Waals surface area contributed by atoms with Gasteiger partial charge in [0, 0.05) is 24.4 Å². The Morgan fingerprint density at radius 1 is 1.45 bits per heavy atom. The largest absolute Gasteiger partial charge is 0.469 e. The number of carbonyl (C=O) groups excluding carboxylic acids is 1. The second-order valence-electron chi connectivity index (χ2n) is 5.88. The standard InChI is InChI=1S/C17H20N2O3/c1-11-15(5-7-22-11)17(21)19-16(12-8-14(20)9-12)10-13-4-2-3-6-18-13/h2-7,12,14,16,20H,8-10H2,1H3,(H,19,21)/t12?,14?,16-/m1/s1. The van der Waals surface area contributed by atoms with Crippen LogP contribution in [-0.4, -0.2) is 28.1 Å². The highest BCUT2D eigenvalue weighted by Gasteiger charge is 2.35. The lowest BCUT2D eigenvalue weighted by atomic mass is 9.76. The molecular weight excluding hydrogens is 280 g/mol. The van der Waals surface area contributed by atoms with Crippen molar-refractivity contribution in [3.63, 3.8) is 0 Å². The molecule has 1 aliphatic carbocycles. The molecule has 5 heteroatoms. The highest BCUT2D eigenvalue weighted by Crippen LogP contribution is 2.31. The van der Waals surface area contributed by atoms with Gasteiger partial charge in [0.15, 0.2) is 0 Å². The van der Waals surface area contributed by atoms with E-state index in [9.17, 15) is 9.90 Å². The van der Waals surface area contributed by atoms with Crippen LogP contribution in [0.1, 0.15) is 34.7 Å². The summed E-state index contributed by atoms with van der Waals surface area (Å²) in [4.78, 5) is 16.7. The Morgan fingerprint density at radius 2 is 2.27 bits per heavy atom. The van der Waals surface area contributed by atoms with Gasteiger partial charge in [0.1, 0.15) is 5.76 Å². The molecule has 22 heavy (non-hydrogen) atoms. The lowest BCUT2D eigenvalue weighted by Crippen LogP contribution is -2.48. The number of furan rings is 1. The number of nitrogens with zero attached hydrogens (tertiary/aromatic N) is 1. The summed E-state index contributed by atoms with van der Waals surface area (Å²) >= 11 is 0. The lowest BCUT2D eigenvalue weighted by molar-refractivity contribution is 0.0237. The number of aromatic nitrogens is 1. The van der Waals surface area contributed by atoms with Crippen LogP contribution >= 0.6 is 0 Å². The molecule has 0 aliphatic heterocycles. The quantitative estimate of drug-likeness (QED) is 0.886. The minimum atomic E-state index is -0.246. The maximum atomic E-state index is 12.4. The van der Waals surface area contributed by atoms with Crippen LogP contribution in [0.2, 0.25) is 0 Å². The number of pyridine rings is 1. The van der Waals surface area contributed by atoms with Crippen molar-refractivity contribution in [2.24, 2.45) is 5.92 Å². The molecule has 0 aromatic carbocycles. The number of aliphatic hydroxyl groups is 1. The first-order valence-corrected chi connectivity index (χ1v) is 7.56. The minimum absolute atomic E-state index is 0.0277. The van der Waals surface area contributed by atoms with Gasteiger partial charge in [0.25, 0.3) is 5.91 Å². The highest BCUT2D eigenvalue weighted by atomic mass is 16.3. The first kappa shape index (κ1) is 14.8. The number of hydrogen-bond donors (Lipinski definition) is 2. The van der Waals surface area contributed by atoms with E-state index in [4.69, 9.17) is 4.42 Å². The van der Waals surface area contributed by atoms with Crippen molar-refractivity contribution in [3.05, 3.63) is 53.7 Å². The summed E-state index contributed by atoms with van der Waals surface area (Å²) in [6, 6.07) is 7.42. The number of rotatable bonds is 5. The topological polar surface area (TPSA) is 75.4 Å². The molecule has 1 amide bonds. The van der Waals surface area contributed by atoms with Crippen molar-refractivity contribution in [3.8, 4) is 0 Å². The molecule has 5 nitrogen and oxygen atoms in total. The summed E-state index contributed by atoms with van der Waals surface area (Å²) in [7, 11) is 0. The smallest absolute Gasteiger partial charge is 0.255 e. The maximum absolute atomic E-state index is 12.4. The van der Waals surface area contributed by atoms with Crippen LogP contribution in [0.15, 0.2) is 41.1 Å². The van der Waals surface area contributed by atoms with Gasteiger partial charge in [-0.3, -0.25) is 9.78 Å². The summed E-state index contributed by atoms with van der Waals surface area (Å²) in [6.45, 7) is 1.77. The van der Waals surface area contributed by atoms with Gasteiger partial charge in [-0.1, -0.05) is 6.07 Å². The number of hydrogen-bond acceptors (Lipinski definition) is 4. The van der Waals surface area contributed by atoms with E-state index in [1.54, 1.807) is 19.2 Å². The van der Waals surface area contributed by atoms with Crippen LogP contribution in [0.4, 0.5) is 0 Å². The molecule has 2 aromatic heterocycles. The molecule has 2 heterocycles. The van der Waals surface area contributed by atoms with Gasteiger partial charge < -0.3 is 14.8 Å². The lowest BCUT2D eigenvalue weighted by Gasteiger charge is -2.38. The van der Waals surface area contributed by atoms with Gasteiger partial charge >= 0.3 is 0 Å². The summed E-state index contributed by atoms with van der Waals surface area (Å²) in [5.74, 6) is 0.768. The Bertz CT molecular complexity index is 632. The van der Waals surface area contributed by atoms with Gasteiger partial charge in [-0.2, -0.15) is 0 Å². The molecule has 116 valence electrons. The third kappa shape index (κ3) is 3.20. The normalized spacial score (nSPS) is 21.9. The number of aliphatic hydroxyl groups excluding tert-OH is 1. The molecule has 3 rings (SSSR count). The second-order valence-corrected chi connectivity index (χ2v) is 5.88. The van der Waals surface area contributed by atoms with E-state index >= 15 is 0 Å². The second kappa shape index (κ2) is 6.32. The van der Waals surface area contributed by atoms with Crippen molar-refractivity contribution in [2.75, 3.05) is 0 Å². The summed E-state index contributed by atoms with van der Waals surface area (Å²) in [5, 5.41) is 12.6. The van der Waals surface area contributed by atoms with Gasteiger partial charge in [0.05, 0.1) is 17.9 Å². The van der Waals surface area contributed by atoms with Crippen LogP contribution in [0.3, 0.4) is 0 Å². The van der Waals surface area contributed by atoms with Crippen molar-refractivity contribution < 1.29 is 14.3 Å². The van der Waals surface area contributed by atoms with Gasteiger partial charge in [0.2, 0.25) is 0 Å². The number of aryl methyl sites for hydroxylation is 1. The van der Waals surface area contributed by atoms with E-state index in [1.807, 2.05) is 18.2 Å². The van der Waals surface area contributed by atoms with E-state index in [0.29, 0.717) is 17.7 Å². The third-order valence-electron chi connectivity index (χ3n) is 4.29. The van der Waals surface area contributed by atoms with Crippen LogP contribution in [0, 0.1) is 12.8 Å². The Morgan fingerprint density at radius 3 is 2.86 bits per heavy atom. The Labute approximate surface area is 129 Å². The molecule has 0 spiro atoms. The van der Waals surface area contributed by atoms with Crippen molar-refractivity contribution in [1.82, 2.24) is 10.3 Å². The predicted octanol–water partition coefficient (Wildman–Crippen LogP) is 2.10. The first-order chi connectivity index (χ1) is 10.6. The fraction of sp³-hybridized carbons (Fsp3) is 0.412. The van der Waals surface area contributed by atoms with Crippen molar-refractivity contribution >= 4 is 5.91 Å². The van der Waals surface area contributed by atoms with E-state index in [-0.39, 0.29) is 24.0 Å². The van der Waals surface area contributed by atoms with E-state index in [0.717, 1.165) is 18.5 Å². The van der Waals surface area contributed by atoms with Crippen LogP contribution in [-0.2, 0) is 6.42 Å². The Balaban J connectivity index is 1.71. The molecular formula is C17H20N2O3. The van der Waals surface area contributed by atoms with E-state index < -0.39 is 0 Å².